The second kappa shape index (κ2) is 10.1. The fourth-order valence-corrected chi connectivity index (χ4v) is 3.11. The molecule has 0 radical (unpaired) electrons. The van der Waals surface area contributed by atoms with Crippen molar-refractivity contribution in [2.75, 3.05) is 20.2 Å². The molecule has 28 heavy (non-hydrogen) atoms. The van der Waals surface area contributed by atoms with Crippen LogP contribution in [0.4, 0.5) is 0 Å². The van der Waals surface area contributed by atoms with Crippen molar-refractivity contribution in [2.45, 2.75) is 33.2 Å². The maximum Gasteiger partial charge on any atom is 0.261 e. The van der Waals surface area contributed by atoms with Crippen LogP contribution in [0.2, 0.25) is 5.02 Å². The van der Waals surface area contributed by atoms with Crippen LogP contribution in [0.15, 0.2) is 42.5 Å². The van der Waals surface area contributed by atoms with Gasteiger partial charge in [0.05, 0.1) is 0 Å². The summed E-state index contributed by atoms with van der Waals surface area (Å²) < 4.78 is 5.70. The molecule has 0 heterocycles. The maximum atomic E-state index is 12.8. The van der Waals surface area contributed by atoms with Crippen molar-refractivity contribution >= 4 is 23.4 Å². The first-order valence-electron chi connectivity index (χ1n) is 9.28. The molecule has 2 aromatic carbocycles. The molecule has 0 spiro atoms. The van der Waals surface area contributed by atoms with E-state index in [2.05, 4.69) is 5.32 Å². The minimum absolute atomic E-state index is 0.142. The molecule has 0 unspecified atom stereocenters. The number of rotatable bonds is 8. The third kappa shape index (κ3) is 5.73. The summed E-state index contributed by atoms with van der Waals surface area (Å²) in [5.74, 6) is 0.139. The van der Waals surface area contributed by atoms with E-state index in [0.717, 1.165) is 16.7 Å². The van der Waals surface area contributed by atoms with E-state index in [9.17, 15) is 9.59 Å². The second-order valence-corrected chi connectivity index (χ2v) is 7.15. The lowest BCUT2D eigenvalue weighted by Crippen LogP contribution is -2.49. The maximum absolute atomic E-state index is 12.8. The SMILES string of the molecule is CNC(=O)[C@H](C)N(CCc1ccccc1)C(=O)COc1cc(C)c(Cl)c(C)c1. The molecule has 0 fully saturated rings. The monoisotopic (exact) mass is 402 g/mol. The number of aryl methyl sites for hydroxylation is 2. The third-order valence-electron chi connectivity index (χ3n) is 4.67. The van der Waals surface area contributed by atoms with Gasteiger partial charge in [0.25, 0.3) is 5.91 Å². The molecule has 0 aromatic heterocycles. The minimum Gasteiger partial charge on any atom is -0.484 e. The predicted molar refractivity (Wildman–Crippen MR) is 112 cm³/mol. The summed E-state index contributed by atoms with van der Waals surface area (Å²) in [5, 5.41) is 3.30. The van der Waals surface area contributed by atoms with Crippen LogP contribution < -0.4 is 10.1 Å². The number of carbonyl (C=O) groups is 2. The number of nitrogens with zero attached hydrogens (tertiary/aromatic N) is 1. The molecular formula is C22H27ClN2O3. The van der Waals surface area contributed by atoms with Crippen LogP contribution >= 0.6 is 11.6 Å². The topological polar surface area (TPSA) is 58.6 Å². The fraction of sp³-hybridized carbons (Fsp3) is 0.364. The first-order chi connectivity index (χ1) is 13.3. The van der Waals surface area contributed by atoms with Gasteiger partial charge >= 0.3 is 0 Å². The van der Waals surface area contributed by atoms with Crippen molar-refractivity contribution in [1.82, 2.24) is 10.2 Å². The Bertz CT molecular complexity index is 801. The van der Waals surface area contributed by atoms with Gasteiger partial charge in [0.2, 0.25) is 5.91 Å². The molecule has 0 aliphatic heterocycles. The summed E-state index contributed by atoms with van der Waals surface area (Å²) in [7, 11) is 1.56. The highest BCUT2D eigenvalue weighted by molar-refractivity contribution is 6.32. The van der Waals surface area contributed by atoms with Gasteiger partial charge < -0.3 is 15.0 Å². The number of likely N-dealkylation sites (N-methyl/N-ethyl adjacent to an activating group) is 1. The summed E-state index contributed by atoms with van der Waals surface area (Å²) in [6.07, 6.45) is 0.660. The lowest BCUT2D eigenvalue weighted by molar-refractivity contribution is -0.141. The average molecular weight is 403 g/mol. The Morgan fingerprint density at radius 2 is 1.75 bits per heavy atom. The van der Waals surface area contributed by atoms with Gasteiger partial charge in [-0.1, -0.05) is 41.9 Å². The molecule has 0 saturated heterocycles. The number of hydrogen-bond acceptors (Lipinski definition) is 3. The zero-order chi connectivity index (χ0) is 20.7. The number of halogens is 1. The Labute approximate surface area is 171 Å². The van der Waals surface area contributed by atoms with E-state index in [0.29, 0.717) is 23.7 Å². The number of carbonyl (C=O) groups excluding carboxylic acids is 2. The molecule has 0 bridgehead atoms. The Morgan fingerprint density at radius 3 is 2.32 bits per heavy atom. The van der Waals surface area contributed by atoms with Crippen LogP contribution in [0.3, 0.4) is 0 Å². The molecule has 2 amide bonds. The normalized spacial score (nSPS) is 11.6. The molecule has 1 N–H and O–H groups in total. The fourth-order valence-electron chi connectivity index (χ4n) is 3.00. The molecule has 0 aliphatic carbocycles. The number of ether oxygens (including phenoxy) is 1. The van der Waals surface area contributed by atoms with Crippen molar-refractivity contribution in [3.63, 3.8) is 0 Å². The van der Waals surface area contributed by atoms with E-state index in [1.165, 1.54) is 0 Å². The molecular weight excluding hydrogens is 376 g/mol. The zero-order valence-electron chi connectivity index (χ0n) is 16.8. The number of hydrogen-bond donors (Lipinski definition) is 1. The summed E-state index contributed by atoms with van der Waals surface area (Å²) >= 11 is 6.18. The Balaban J connectivity index is 2.08. The smallest absolute Gasteiger partial charge is 0.261 e. The van der Waals surface area contributed by atoms with Crippen LogP contribution in [-0.2, 0) is 16.0 Å². The number of nitrogens with one attached hydrogen (secondary N) is 1. The lowest BCUT2D eigenvalue weighted by atomic mass is 10.1. The highest BCUT2D eigenvalue weighted by Crippen LogP contribution is 2.25. The second-order valence-electron chi connectivity index (χ2n) is 6.77. The van der Waals surface area contributed by atoms with Crippen LogP contribution in [0.1, 0.15) is 23.6 Å². The van der Waals surface area contributed by atoms with Crippen molar-refractivity contribution in [2.24, 2.45) is 0 Å². The van der Waals surface area contributed by atoms with Crippen molar-refractivity contribution < 1.29 is 14.3 Å². The minimum atomic E-state index is -0.585. The van der Waals surface area contributed by atoms with Crippen molar-refractivity contribution in [3.05, 3.63) is 64.2 Å². The van der Waals surface area contributed by atoms with E-state index in [-0.39, 0.29) is 18.4 Å². The molecule has 150 valence electrons. The first kappa shape index (κ1) is 21.8. The molecule has 2 rings (SSSR count). The van der Waals surface area contributed by atoms with Crippen molar-refractivity contribution in [3.8, 4) is 5.75 Å². The summed E-state index contributed by atoms with van der Waals surface area (Å²) in [5.41, 5.74) is 2.89. The van der Waals surface area contributed by atoms with E-state index in [4.69, 9.17) is 16.3 Å². The quantitative estimate of drug-likeness (QED) is 0.734. The van der Waals surface area contributed by atoms with Crippen LogP contribution in [-0.4, -0.2) is 43.0 Å². The zero-order valence-corrected chi connectivity index (χ0v) is 17.5. The molecule has 1 atom stereocenters. The standard InChI is InChI=1S/C22H27ClN2O3/c1-15-12-19(13-16(2)21(15)23)28-14-20(26)25(17(3)22(27)24-4)11-10-18-8-6-5-7-9-18/h5-9,12-13,17H,10-11,14H2,1-4H3,(H,24,27)/t17-/m0/s1. The van der Waals surface area contributed by atoms with E-state index >= 15 is 0 Å². The van der Waals surface area contributed by atoms with Gasteiger partial charge in [-0.3, -0.25) is 9.59 Å². The number of amides is 2. The Morgan fingerprint density at radius 1 is 1.14 bits per heavy atom. The van der Waals surface area contributed by atoms with Crippen molar-refractivity contribution in [1.29, 1.82) is 0 Å². The summed E-state index contributed by atoms with van der Waals surface area (Å²) in [4.78, 5) is 26.5. The molecule has 2 aromatic rings. The van der Waals surface area contributed by atoms with Gasteiger partial charge in [-0.15, -0.1) is 0 Å². The van der Waals surface area contributed by atoms with Gasteiger partial charge in [0.1, 0.15) is 11.8 Å². The van der Waals surface area contributed by atoms with E-state index < -0.39 is 6.04 Å². The van der Waals surface area contributed by atoms with Crippen LogP contribution in [0.25, 0.3) is 0 Å². The van der Waals surface area contributed by atoms with Crippen LogP contribution in [0, 0.1) is 13.8 Å². The highest BCUT2D eigenvalue weighted by atomic mass is 35.5. The highest BCUT2D eigenvalue weighted by Gasteiger charge is 2.25. The van der Waals surface area contributed by atoms with Gasteiger partial charge in [-0.2, -0.15) is 0 Å². The molecule has 0 saturated carbocycles. The average Bonchev–Trinajstić information content (AvgIpc) is 2.70. The summed E-state index contributed by atoms with van der Waals surface area (Å²) in [6.45, 7) is 5.79. The predicted octanol–water partition coefficient (Wildman–Crippen LogP) is 3.54. The number of benzene rings is 2. The van der Waals surface area contributed by atoms with Gasteiger partial charge in [-0.05, 0) is 56.0 Å². The lowest BCUT2D eigenvalue weighted by Gasteiger charge is -2.28. The first-order valence-corrected chi connectivity index (χ1v) is 9.65. The third-order valence-corrected chi connectivity index (χ3v) is 5.27. The molecule has 0 aliphatic rings. The largest absolute Gasteiger partial charge is 0.484 e. The Kier molecular flexibility index (Phi) is 7.88. The molecule has 5 nitrogen and oxygen atoms in total. The van der Waals surface area contributed by atoms with Gasteiger partial charge in [0, 0.05) is 18.6 Å². The van der Waals surface area contributed by atoms with Crippen LogP contribution in [0.5, 0.6) is 5.75 Å². The van der Waals surface area contributed by atoms with E-state index in [1.54, 1.807) is 31.0 Å². The van der Waals surface area contributed by atoms with Gasteiger partial charge in [0.15, 0.2) is 6.61 Å². The molecule has 6 heteroatoms. The van der Waals surface area contributed by atoms with E-state index in [1.807, 2.05) is 44.2 Å². The summed E-state index contributed by atoms with van der Waals surface area (Å²) in [6, 6.07) is 12.9. The van der Waals surface area contributed by atoms with Gasteiger partial charge in [-0.25, -0.2) is 0 Å². The Hall–Kier alpha value is -2.53.